The molecular formula is C15H23N3O2. The van der Waals surface area contributed by atoms with E-state index in [1.165, 1.54) is 0 Å². The van der Waals surface area contributed by atoms with E-state index in [0.717, 1.165) is 57.0 Å². The fourth-order valence-electron chi connectivity index (χ4n) is 3.56. The summed E-state index contributed by atoms with van der Waals surface area (Å²) >= 11 is 0. The lowest BCUT2D eigenvalue weighted by Gasteiger charge is -2.24. The molecule has 0 aromatic carbocycles. The molecule has 3 heterocycles. The average molecular weight is 277 g/mol. The van der Waals surface area contributed by atoms with E-state index >= 15 is 0 Å². The van der Waals surface area contributed by atoms with Crippen LogP contribution in [0, 0.1) is 5.92 Å². The lowest BCUT2D eigenvalue weighted by Crippen LogP contribution is -2.23. The highest BCUT2D eigenvalue weighted by Crippen LogP contribution is 2.32. The number of hydrogen-bond donors (Lipinski definition) is 1. The van der Waals surface area contributed by atoms with Crippen molar-refractivity contribution in [3.05, 3.63) is 17.2 Å². The van der Waals surface area contributed by atoms with Gasteiger partial charge >= 0.3 is 5.97 Å². The summed E-state index contributed by atoms with van der Waals surface area (Å²) in [5.41, 5.74) is 1.24. The third-order valence-corrected chi connectivity index (χ3v) is 4.76. The second-order valence-corrected chi connectivity index (χ2v) is 6.20. The van der Waals surface area contributed by atoms with Gasteiger partial charge in [0.05, 0.1) is 5.69 Å². The summed E-state index contributed by atoms with van der Waals surface area (Å²) in [6.07, 6.45) is 3.01. The van der Waals surface area contributed by atoms with E-state index in [1.807, 2.05) is 0 Å². The van der Waals surface area contributed by atoms with E-state index < -0.39 is 5.97 Å². The lowest BCUT2D eigenvalue weighted by molar-refractivity contribution is 0.0689. The number of carboxylic acid groups (broad SMARTS) is 1. The van der Waals surface area contributed by atoms with Gasteiger partial charge in [0, 0.05) is 19.0 Å². The molecule has 5 nitrogen and oxygen atoms in total. The molecule has 2 atom stereocenters. The number of rotatable bonds is 3. The van der Waals surface area contributed by atoms with E-state index in [9.17, 15) is 9.90 Å². The van der Waals surface area contributed by atoms with E-state index in [1.54, 1.807) is 0 Å². The van der Waals surface area contributed by atoms with Gasteiger partial charge in [-0.3, -0.25) is 0 Å². The first-order valence-electron chi connectivity index (χ1n) is 7.65. The van der Waals surface area contributed by atoms with Crippen LogP contribution in [0.5, 0.6) is 0 Å². The summed E-state index contributed by atoms with van der Waals surface area (Å²) in [5.74, 6) is 1.15. The topological polar surface area (TPSA) is 58.4 Å². The highest BCUT2D eigenvalue weighted by Gasteiger charge is 2.32. The van der Waals surface area contributed by atoms with Gasteiger partial charge in [-0.1, -0.05) is 13.8 Å². The minimum atomic E-state index is -0.875. The van der Waals surface area contributed by atoms with Crippen molar-refractivity contribution < 1.29 is 9.90 Å². The van der Waals surface area contributed by atoms with Crippen LogP contribution in [0.25, 0.3) is 0 Å². The molecule has 2 aliphatic heterocycles. The standard InChI is InChI=1S/C15H23N3O2/c1-3-17-7-6-11(9-17)14-16-13(15(19)20)12-5-4-10(2)8-18(12)14/h10-11H,3-9H2,1-2H3,(H,19,20). The molecule has 0 saturated carbocycles. The van der Waals surface area contributed by atoms with E-state index in [4.69, 9.17) is 0 Å². The average Bonchev–Trinajstić information content (AvgIpc) is 3.01. The summed E-state index contributed by atoms with van der Waals surface area (Å²) in [6.45, 7) is 8.51. The number of fused-ring (bicyclic) bond motifs is 1. The van der Waals surface area contributed by atoms with Crippen LogP contribution < -0.4 is 0 Å². The lowest BCUT2D eigenvalue weighted by atomic mass is 9.98. The van der Waals surface area contributed by atoms with Crippen LogP contribution in [0.15, 0.2) is 0 Å². The third kappa shape index (κ3) is 2.24. The minimum Gasteiger partial charge on any atom is -0.476 e. The van der Waals surface area contributed by atoms with E-state index in [-0.39, 0.29) is 0 Å². The fraction of sp³-hybridized carbons (Fsp3) is 0.733. The first kappa shape index (κ1) is 13.6. The van der Waals surface area contributed by atoms with Crippen LogP contribution in [0.1, 0.15) is 54.6 Å². The predicted molar refractivity (Wildman–Crippen MR) is 76.1 cm³/mol. The Kier molecular flexibility index (Phi) is 3.54. The maximum absolute atomic E-state index is 11.4. The molecule has 0 radical (unpaired) electrons. The van der Waals surface area contributed by atoms with Crippen molar-refractivity contribution >= 4 is 5.97 Å². The molecule has 2 aliphatic rings. The minimum absolute atomic E-state index is 0.293. The summed E-state index contributed by atoms with van der Waals surface area (Å²) in [6, 6.07) is 0. The van der Waals surface area contributed by atoms with Crippen LogP contribution in [-0.2, 0) is 13.0 Å². The molecule has 1 aromatic rings. The molecule has 5 heteroatoms. The SMILES string of the molecule is CCN1CCC(c2nc(C(=O)O)c3n2CC(C)CC3)C1. The summed E-state index contributed by atoms with van der Waals surface area (Å²) < 4.78 is 2.21. The molecule has 0 amide bonds. The van der Waals surface area contributed by atoms with E-state index in [2.05, 4.69) is 28.3 Å². The van der Waals surface area contributed by atoms with Gasteiger partial charge in [0.25, 0.3) is 0 Å². The van der Waals surface area contributed by atoms with Gasteiger partial charge in [-0.05, 0) is 38.3 Å². The van der Waals surface area contributed by atoms with Crippen molar-refractivity contribution in [1.29, 1.82) is 0 Å². The van der Waals surface area contributed by atoms with Crippen molar-refractivity contribution in [1.82, 2.24) is 14.5 Å². The van der Waals surface area contributed by atoms with Gasteiger partial charge in [0.1, 0.15) is 5.82 Å². The first-order chi connectivity index (χ1) is 9.60. The maximum atomic E-state index is 11.4. The van der Waals surface area contributed by atoms with Crippen LogP contribution >= 0.6 is 0 Å². The van der Waals surface area contributed by atoms with Gasteiger partial charge in [0.15, 0.2) is 5.69 Å². The second-order valence-electron chi connectivity index (χ2n) is 6.20. The Morgan fingerprint density at radius 3 is 2.85 bits per heavy atom. The third-order valence-electron chi connectivity index (χ3n) is 4.76. The molecule has 0 bridgehead atoms. The number of imidazole rings is 1. The summed E-state index contributed by atoms with van der Waals surface area (Å²) in [5, 5.41) is 9.37. The number of carboxylic acids is 1. The fourth-order valence-corrected chi connectivity index (χ4v) is 3.56. The zero-order valence-corrected chi connectivity index (χ0v) is 12.3. The number of likely N-dealkylation sites (N-methyl/N-ethyl adjacent to an activating group) is 1. The smallest absolute Gasteiger partial charge is 0.356 e. The van der Waals surface area contributed by atoms with Crippen LogP contribution in [-0.4, -0.2) is 45.2 Å². The van der Waals surface area contributed by atoms with Crippen molar-refractivity contribution in [2.45, 2.75) is 45.6 Å². The Bertz CT molecular complexity index is 523. The molecule has 1 N–H and O–H groups in total. The van der Waals surface area contributed by atoms with Crippen molar-refractivity contribution in [2.24, 2.45) is 5.92 Å². The molecule has 1 fully saturated rings. The zero-order valence-electron chi connectivity index (χ0n) is 12.3. The van der Waals surface area contributed by atoms with Gasteiger partial charge in [-0.2, -0.15) is 0 Å². The molecule has 2 unspecified atom stereocenters. The summed E-state index contributed by atoms with van der Waals surface area (Å²) in [7, 11) is 0. The Labute approximate surface area is 119 Å². The molecular weight excluding hydrogens is 254 g/mol. The second kappa shape index (κ2) is 5.20. The number of nitrogens with zero attached hydrogens (tertiary/aromatic N) is 3. The van der Waals surface area contributed by atoms with Crippen molar-refractivity contribution in [3.8, 4) is 0 Å². The maximum Gasteiger partial charge on any atom is 0.356 e. The highest BCUT2D eigenvalue weighted by molar-refractivity contribution is 5.87. The molecule has 1 saturated heterocycles. The van der Waals surface area contributed by atoms with Crippen LogP contribution in [0.4, 0.5) is 0 Å². The normalized spacial score (nSPS) is 26.7. The molecule has 0 aliphatic carbocycles. The van der Waals surface area contributed by atoms with Gasteiger partial charge in [-0.25, -0.2) is 9.78 Å². The van der Waals surface area contributed by atoms with Crippen molar-refractivity contribution in [3.63, 3.8) is 0 Å². The number of aromatic carboxylic acids is 1. The molecule has 3 rings (SSSR count). The van der Waals surface area contributed by atoms with Crippen LogP contribution in [0.2, 0.25) is 0 Å². The Hall–Kier alpha value is -1.36. The Morgan fingerprint density at radius 1 is 1.40 bits per heavy atom. The quantitative estimate of drug-likeness (QED) is 0.917. The summed E-state index contributed by atoms with van der Waals surface area (Å²) in [4.78, 5) is 18.3. The zero-order chi connectivity index (χ0) is 14.3. The molecule has 20 heavy (non-hydrogen) atoms. The number of likely N-dealkylation sites (tertiary alicyclic amines) is 1. The molecule has 110 valence electrons. The Morgan fingerprint density at radius 2 is 2.20 bits per heavy atom. The van der Waals surface area contributed by atoms with Gasteiger partial charge < -0.3 is 14.6 Å². The van der Waals surface area contributed by atoms with Gasteiger partial charge in [-0.15, -0.1) is 0 Å². The van der Waals surface area contributed by atoms with Crippen molar-refractivity contribution in [2.75, 3.05) is 19.6 Å². The molecule has 1 aromatic heterocycles. The number of carbonyl (C=O) groups is 1. The monoisotopic (exact) mass is 277 g/mol. The van der Waals surface area contributed by atoms with Gasteiger partial charge in [0.2, 0.25) is 0 Å². The number of hydrogen-bond acceptors (Lipinski definition) is 3. The highest BCUT2D eigenvalue weighted by atomic mass is 16.4. The Balaban J connectivity index is 1.96. The predicted octanol–water partition coefficient (Wildman–Crippen LogP) is 1.97. The number of aromatic nitrogens is 2. The first-order valence-corrected chi connectivity index (χ1v) is 7.65. The molecule has 0 spiro atoms. The van der Waals surface area contributed by atoms with E-state index in [0.29, 0.717) is 17.5 Å². The van der Waals surface area contributed by atoms with Crippen LogP contribution in [0.3, 0.4) is 0 Å². The largest absolute Gasteiger partial charge is 0.476 e.